The molecule has 1 aromatic carbocycles. The van der Waals surface area contributed by atoms with Gasteiger partial charge in [-0.05, 0) is 24.5 Å². The van der Waals surface area contributed by atoms with Crippen molar-refractivity contribution in [1.82, 2.24) is 4.90 Å². The lowest BCUT2D eigenvalue weighted by Gasteiger charge is -2.36. The Bertz CT molecular complexity index is 421. The van der Waals surface area contributed by atoms with Gasteiger partial charge in [-0.15, -0.1) is 0 Å². The van der Waals surface area contributed by atoms with Gasteiger partial charge in [0.05, 0.1) is 12.7 Å². The van der Waals surface area contributed by atoms with Gasteiger partial charge in [0.2, 0.25) is 0 Å². The number of hydrogen-bond acceptors (Lipinski definition) is 3. The number of rotatable bonds is 3. The Hall–Kier alpha value is -1.06. The molecule has 2 aliphatic heterocycles. The summed E-state index contributed by atoms with van der Waals surface area (Å²) in [5, 5.41) is 3.51. The van der Waals surface area contributed by atoms with Gasteiger partial charge in [-0.3, -0.25) is 4.90 Å². The maximum Gasteiger partial charge on any atom is 0.0700 e. The third-order valence-electron chi connectivity index (χ3n) is 4.37. The number of morpholine rings is 1. The quantitative estimate of drug-likeness (QED) is 0.904. The third-order valence-corrected chi connectivity index (χ3v) is 4.37. The van der Waals surface area contributed by atoms with E-state index in [0.29, 0.717) is 12.0 Å². The molecule has 1 fully saturated rings. The molecule has 1 saturated heterocycles. The summed E-state index contributed by atoms with van der Waals surface area (Å²) in [5.41, 5.74) is 2.83. The van der Waals surface area contributed by atoms with Crippen LogP contribution in [0.1, 0.15) is 31.2 Å². The highest BCUT2D eigenvalue weighted by atomic mass is 16.5. The highest BCUT2D eigenvalue weighted by Gasteiger charge is 2.25. The van der Waals surface area contributed by atoms with E-state index in [1.165, 1.54) is 24.2 Å². The predicted molar refractivity (Wildman–Crippen MR) is 78.8 cm³/mol. The van der Waals surface area contributed by atoms with Crippen molar-refractivity contribution in [2.45, 2.75) is 31.8 Å². The van der Waals surface area contributed by atoms with Gasteiger partial charge in [-0.25, -0.2) is 0 Å². The van der Waals surface area contributed by atoms with Gasteiger partial charge < -0.3 is 10.1 Å². The molecule has 2 atom stereocenters. The standard InChI is InChI=1S/C16H24N2O/c1-2-14-12-18(9-10-19-14)11-13-7-8-17-16-6-4-3-5-15(13)16/h3-6,13-14,17H,2,7-12H2,1H3. The van der Waals surface area contributed by atoms with Gasteiger partial charge >= 0.3 is 0 Å². The van der Waals surface area contributed by atoms with Crippen molar-refractivity contribution in [3.8, 4) is 0 Å². The van der Waals surface area contributed by atoms with Crippen molar-refractivity contribution in [2.24, 2.45) is 0 Å². The third kappa shape index (κ3) is 2.93. The first-order chi connectivity index (χ1) is 9.36. The number of nitrogens with one attached hydrogen (secondary N) is 1. The molecule has 3 nitrogen and oxygen atoms in total. The van der Waals surface area contributed by atoms with Gasteiger partial charge in [0.25, 0.3) is 0 Å². The Labute approximate surface area is 115 Å². The number of hydrogen-bond donors (Lipinski definition) is 1. The minimum Gasteiger partial charge on any atom is -0.385 e. The lowest BCUT2D eigenvalue weighted by molar-refractivity contribution is -0.0315. The minimum absolute atomic E-state index is 0.436. The maximum absolute atomic E-state index is 5.76. The normalized spacial score (nSPS) is 27.6. The maximum atomic E-state index is 5.76. The van der Waals surface area contributed by atoms with Gasteiger partial charge in [-0.1, -0.05) is 25.1 Å². The smallest absolute Gasteiger partial charge is 0.0700 e. The molecule has 1 N–H and O–H groups in total. The lowest BCUT2D eigenvalue weighted by atomic mass is 9.90. The lowest BCUT2D eigenvalue weighted by Crippen LogP contribution is -2.44. The highest BCUT2D eigenvalue weighted by molar-refractivity contribution is 5.54. The molecule has 1 aromatic rings. The van der Waals surface area contributed by atoms with E-state index in [1.807, 2.05) is 0 Å². The number of anilines is 1. The molecule has 0 amide bonds. The fraction of sp³-hybridized carbons (Fsp3) is 0.625. The monoisotopic (exact) mass is 260 g/mol. The van der Waals surface area contributed by atoms with Crippen LogP contribution < -0.4 is 5.32 Å². The number of ether oxygens (including phenoxy) is 1. The van der Waals surface area contributed by atoms with Gasteiger partial charge in [0.1, 0.15) is 0 Å². The fourth-order valence-corrected chi connectivity index (χ4v) is 3.25. The molecule has 0 aromatic heterocycles. The summed E-state index contributed by atoms with van der Waals surface area (Å²) in [6.45, 7) is 7.58. The summed E-state index contributed by atoms with van der Waals surface area (Å²) in [7, 11) is 0. The Balaban J connectivity index is 1.67. The van der Waals surface area contributed by atoms with Crippen LogP contribution in [0.4, 0.5) is 5.69 Å². The van der Waals surface area contributed by atoms with Gasteiger partial charge in [0.15, 0.2) is 0 Å². The van der Waals surface area contributed by atoms with Crippen molar-refractivity contribution < 1.29 is 4.74 Å². The zero-order chi connectivity index (χ0) is 13.1. The molecule has 2 heterocycles. The summed E-state index contributed by atoms with van der Waals surface area (Å²) in [6.07, 6.45) is 2.80. The number of para-hydroxylation sites is 1. The van der Waals surface area contributed by atoms with Crippen molar-refractivity contribution in [1.29, 1.82) is 0 Å². The van der Waals surface area contributed by atoms with Crippen LogP contribution >= 0.6 is 0 Å². The molecular weight excluding hydrogens is 236 g/mol. The topological polar surface area (TPSA) is 24.5 Å². The van der Waals surface area contributed by atoms with Crippen LogP contribution in [0.15, 0.2) is 24.3 Å². The van der Waals surface area contributed by atoms with E-state index in [4.69, 9.17) is 4.74 Å². The fourth-order valence-electron chi connectivity index (χ4n) is 3.25. The first-order valence-electron chi connectivity index (χ1n) is 7.53. The molecule has 3 heteroatoms. The van der Waals surface area contributed by atoms with E-state index in [-0.39, 0.29) is 0 Å². The second kappa shape index (κ2) is 5.93. The van der Waals surface area contributed by atoms with Crippen LogP contribution in [-0.2, 0) is 4.74 Å². The average molecular weight is 260 g/mol. The molecule has 0 aliphatic carbocycles. The first-order valence-corrected chi connectivity index (χ1v) is 7.53. The molecular formula is C16H24N2O. The van der Waals surface area contributed by atoms with Gasteiger partial charge in [-0.2, -0.15) is 0 Å². The Kier molecular flexibility index (Phi) is 4.04. The second-order valence-corrected chi connectivity index (χ2v) is 5.66. The first kappa shape index (κ1) is 12.9. The number of benzene rings is 1. The molecule has 0 saturated carbocycles. The second-order valence-electron chi connectivity index (χ2n) is 5.66. The van der Waals surface area contributed by atoms with Crippen LogP contribution in [0.3, 0.4) is 0 Å². The van der Waals surface area contributed by atoms with Crippen LogP contribution in [0.5, 0.6) is 0 Å². The molecule has 19 heavy (non-hydrogen) atoms. The van der Waals surface area contributed by atoms with Crippen LogP contribution in [0.25, 0.3) is 0 Å². The Morgan fingerprint density at radius 2 is 2.26 bits per heavy atom. The van der Waals surface area contributed by atoms with E-state index in [0.717, 1.165) is 32.7 Å². The van der Waals surface area contributed by atoms with Crippen molar-refractivity contribution in [3.63, 3.8) is 0 Å². The van der Waals surface area contributed by atoms with Crippen LogP contribution in [0, 0.1) is 0 Å². The van der Waals surface area contributed by atoms with Gasteiger partial charge in [0, 0.05) is 37.8 Å². The SMILES string of the molecule is CCC1CN(CC2CCNc3ccccc32)CCO1. The van der Waals surface area contributed by atoms with Crippen molar-refractivity contribution in [3.05, 3.63) is 29.8 Å². The molecule has 2 unspecified atom stereocenters. The predicted octanol–water partition coefficient (Wildman–Crippen LogP) is 2.70. The number of fused-ring (bicyclic) bond motifs is 1. The Morgan fingerprint density at radius 3 is 3.16 bits per heavy atom. The molecule has 3 rings (SSSR count). The highest BCUT2D eigenvalue weighted by Crippen LogP contribution is 2.32. The molecule has 104 valence electrons. The average Bonchev–Trinajstić information content (AvgIpc) is 2.48. The van der Waals surface area contributed by atoms with E-state index in [1.54, 1.807) is 0 Å². The summed E-state index contributed by atoms with van der Waals surface area (Å²) in [4.78, 5) is 2.59. The zero-order valence-electron chi connectivity index (χ0n) is 11.8. The summed E-state index contributed by atoms with van der Waals surface area (Å²) in [5.74, 6) is 0.674. The van der Waals surface area contributed by atoms with E-state index < -0.39 is 0 Å². The molecule has 0 bridgehead atoms. The summed E-state index contributed by atoms with van der Waals surface area (Å²) < 4.78 is 5.76. The molecule has 2 aliphatic rings. The van der Waals surface area contributed by atoms with Crippen LogP contribution in [-0.4, -0.2) is 43.8 Å². The molecule has 0 radical (unpaired) electrons. The minimum atomic E-state index is 0.436. The van der Waals surface area contributed by atoms with E-state index in [2.05, 4.69) is 41.4 Å². The summed E-state index contributed by atoms with van der Waals surface area (Å²) in [6, 6.07) is 8.77. The van der Waals surface area contributed by atoms with Crippen LogP contribution in [0.2, 0.25) is 0 Å². The van der Waals surface area contributed by atoms with E-state index in [9.17, 15) is 0 Å². The number of nitrogens with zero attached hydrogens (tertiary/aromatic N) is 1. The van der Waals surface area contributed by atoms with Crippen molar-refractivity contribution in [2.75, 3.05) is 38.1 Å². The summed E-state index contributed by atoms with van der Waals surface area (Å²) >= 11 is 0. The largest absolute Gasteiger partial charge is 0.385 e. The zero-order valence-corrected chi connectivity index (χ0v) is 11.8. The molecule has 0 spiro atoms. The van der Waals surface area contributed by atoms with E-state index >= 15 is 0 Å². The Morgan fingerprint density at radius 1 is 1.37 bits per heavy atom. The van der Waals surface area contributed by atoms with Crippen molar-refractivity contribution >= 4 is 5.69 Å².